The van der Waals surface area contributed by atoms with Crippen molar-refractivity contribution in [3.63, 3.8) is 0 Å². The third-order valence-corrected chi connectivity index (χ3v) is 4.06. The van der Waals surface area contributed by atoms with E-state index in [1.54, 1.807) is 4.68 Å². The summed E-state index contributed by atoms with van der Waals surface area (Å²) in [6.07, 6.45) is 1.65. The predicted molar refractivity (Wildman–Crippen MR) is 68.1 cm³/mol. The van der Waals surface area contributed by atoms with E-state index < -0.39 is 5.60 Å². The van der Waals surface area contributed by atoms with Crippen LogP contribution in [-0.2, 0) is 13.6 Å². The molecule has 17 heavy (non-hydrogen) atoms. The molecule has 0 atom stereocenters. The van der Waals surface area contributed by atoms with Crippen molar-refractivity contribution in [2.24, 2.45) is 7.05 Å². The van der Waals surface area contributed by atoms with Crippen molar-refractivity contribution in [1.82, 2.24) is 14.7 Å². The first-order valence-electron chi connectivity index (χ1n) is 6.02. The van der Waals surface area contributed by atoms with Gasteiger partial charge >= 0.3 is 0 Å². The molecule has 0 spiro atoms. The monoisotopic (exact) mass is 257 g/mol. The quantitative estimate of drug-likeness (QED) is 0.877. The van der Waals surface area contributed by atoms with Gasteiger partial charge < -0.3 is 5.11 Å². The van der Waals surface area contributed by atoms with Gasteiger partial charge in [0.25, 0.3) is 0 Å². The van der Waals surface area contributed by atoms with E-state index in [4.69, 9.17) is 11.6 Å². The SMILES string of the molecule is Cc1nn(C)c(Cl)c1CN1CCC(C)(O)CC1. The van der Waals surface area contributed by atoms with Gasteiger partial charge in [0, 0.05) is 32.2 Å². The van der Waals surface area contributed by atoms with Crippen molar-refractivity contribution >= 4 is 11.6 Å². The number of aromatic nitrogens is 2. The van der Waals surface area contributed by atoms with Crippen LogP contribution in [0, 0.1) is 6.92 Å². The summed E-state index contributed by atoms with van der Waals surface area (Å²) in [4.78, 5) is 2.33. The van der Waals surface area contributed by atoms with Gasteiger partial charge in [0.05, 0.1) is 11.3 Å². The zero-order valence-corrected chi connectivity index (χ0v) is 11.5. The topological polar surface area (TPSA) is 41.3 Å². The molecule has 1 aromatic heterocycles. The molecule has 0 unspecified atom stereocenters. The van der Waals surface area contributed by atoms with Crippen LogP contribution >= 0.6 is 11.6 Å². The van der Waals surface area contributed by atoms with Gasteiger partial charge in [-0.15, -0.1) is 0 Å². The Morgan fingerprint density at radius 2 is 2.00 bits per heavy atom. The van der Waals surface area contributed by atoms with Crippen LogP contribution < -0.4 is 0 Å². The van der Waals surface area contributed by atoms with Crippen LogP contribution in [0.2, 0.25) is 5.15 Å². The van der Waals surface area contributed by atoms with Gasteiger partial charge in [-0.2, -0.15) is 5.10 Å². The molecule has 5 heteroatoms. The molecule has 0 aliphatic carbocycles. The largest absolute Gasteiger partial charge is 0.390 e. The van der Waals surface area contributed by atoms with E-state index in [0.717, 1.165) is 48.9 Å². The second kappa shape index (κ2) is 4.59. The molecule has 1 aliphatic heterocycles. The highest BCUT2D eigenvalue weighted by Crippen LogP contribution is 2.25. The maximum Gasteiger partial charge on any atom is 0.131 e. The summed E-state index contributed by atoms with van der Waals surface area (Å²) in [7, 11) is 1.86. The number of likely N-dealkylation sites (tertiary alicyclic amines) is 1. The molecule has 1 aromatic rings. The fourth-order valence-corrected chi connectivity index (χ4v) is 2.50. The van der Waals surface area contributed by atoms with Crippen LogP contribution in [-0.4, -0.2) is 38.5 Å². The van der Waals surface area contributed by atoms with E-state index in [1.165, 1.54) is 0 Å². The Morgan fingerprint density at radius 3 is 2.47 bits per heavy atom. The molecule has 0 saturated carbocycles. The molecule has 1 saturated heterocycles. The first-order valence-corrected chi connectivity index (χ1v) is 6.39. The highest BCUT2D eigenvalue weighted by atomic mass is 35.5. The number of aliphatic hydroxyl groups is 1. The lowest BCUT2D eigenvalue weighted by Gasteiger charge is -2.35. The fourth-order valence-electron chi connectivity index (χ4n) is 2.27. The van der Waals surface area contributed by atoms with Crippen LogP contribution in [0.25, 0.3) is 0 Å². The van der Waals surface area contributed by atoms with Crippen molar-refractivity contribution in [3.05, 3.63) is 16.4 Å². The average molecular weight is 258 g/mol. The molecule has 1 fully saturated rings. The minimum Gasteiger partial charge on any atom is -0.390 e. The smallest absolute Gasteiger partial charge is 0.131 e. The minimum absolute atomic E-state index is 0.496. The summed E-state index contributed by atoms with van der Waals surface area (Å²) >= 11 is 6.21. The number of piperidine rings is 1. The lowest BCUT2D eigenvalue weighted by molar-refractivity contribution is -0.00732. The predicted octanol–water partition coefficient (Wildman–Crippen LogP) is 1.73. The lowest BCUT2D eigenvalue weighted by Crippen LogP contribution is -2.42. The highest BCUT2D eigenvalue weighted by molar-refractivity contribution is 6.30. The van der Waals surface area contributed by atoms with E-state index in [1.807, 2.05) is 20.9 Å². The molecule has 2 heterocycles. The molecular weight excluding hydrogens is 238 g/mol. The molecule has 0 bridgehead atoms. The summed E-state index contributed by atoms with van der Waals surface area (Å²) in [5.41, 5.74) is 1.61. The highest BCUT2D eigenvalue weighted by Gasteiger charge is 2.28. The maximum atomic E-state index is 9.90. The van der Waals surface area contributed by atoms with E-state index in [-0.39, 0.29) is 0 Å². The molecule has 1 N–H and O–H groups in total. The summed E-state index contributed by atoms with van der Waals surface area (Å²) < 4.78 is 1.71. The van der Waals surface area contributed by atoms with Gasteiger partial charge in [0.1, 0.15) is 5.15 Å². The molecular formula is C12H20ClN3O. The number of nitrogens with zero attached hydrogens (tertiary/aromatic N) is 3. The molecule has 0 aromatic carbocycles. The van der Waals surface area contributed by atoms with Crippen LogP contribution in [0.15, 0.2) is 0 Å². The van der Waals surface area contributed by atoms with Crippen LogP contribution in [0.1, 0.15) is 31.0 Å². The van der Waals surface area contributed by atoms with E-state index >= 15 is 0 Å². The Hall–Kier alpha value is -0.580. The van der Waals surface area contributed by atoms with Gasteiger partial charge in [-0.3, -0.25) is 9.58 Å². The van der Waals surface area contributed by atoms with Crippen LogP contribution in [0.4, 0.5) is 0 Å². The van der Waals surface area contributed by atoms with Crippen LogP contribution in [0.5, 0.6) is 0 Å². The molecule has 0 amide bonds. The third-order valence-electron chi connectivity index (χ3n) is 3.58. The maximum absolute atomic E-state index is 9.90. The first kappa shape index (κ1) is 12.9. The second-order valence-electron chi connectivity index (χ2n) is 5.25. The van der Waals surface area contributed by atoms with E-state index in [9.17, 15) is 5.11 Å². The summed E-state index contributed by atoms with van der Waals surface area (Å²) in [5.74, 6) is 0. The average Bonchev–Trinajstić information content (AvgIpc) is 2.48. The fraction of sp³-hybridized carbons (Fsp3) is 0.750. The summed E-state index contributed by atoms with van der Waals surface area (Å²) in [6.45, 7) is 6.55. The Kier molecular flexibility index (Phi) is 3.48. The van der Waals surface area contributed by atoms with Gasteiger partial charge in [0.2, 0.25) is 0 Å². The van der Waals surface area contributed by atoms with Crippen molar-refractivity contribution in [1.29, 1.82) is 0 Å². The Balaban J connectivity index is 2.03. The molecule has 0 radical (unpaired) electrons. The van der Waals surface area contributed by atoms with E-state index in [0.29, 0.717) is 0 Å². The zero-order valence-electron chi connectivity index (χ0n) is 10.7. The number of halogens is 1. The summed E-state index contributed by atoms with van der Waals surface area (Å²) in [5, 5.41) is 14.9. The minimum atomic E-state index is -0.496. The summed E-state index contributed by atoms with van der Waals surface area (Å²) in [6, 6.07) is 0. The third kappa shape index (κ3) is 2.81. The van der Waals surface area contributed by atoms with Gasteiger partial charge in [0.15, 0.2) is 0 Å². The second-order valence-corrected chi connectivity index (χ2v) is 5.61. The number of hydrogen-bond donors (Lipinski definition) is 1. The van der Waals surface area contributed by atoms with Crippen molar-refractivity contribution in [3.8, 4) is 0 Å². The Labute approximate surface area is 107 Å². The number of hydrogen-bond acceptors (Lipinski definition) is 3. The zero-order chi connectivity index (χ0) is 12.6. The van der Waals surface area contributed by atoms with Crippen LogP contribution in [0.3, 0.4) is 0 Å². The number of aryl methyl sites for hydroxylation is 2. The molecule has 2 rings (SSSR count). The Bertz CT molecular complexity index is 404. The molecule has 1 aliphatic rings. The van der Waals surface area contributed by atoms with Crippen molar-refractivity contribution in [2.75, 3.05) is 13.1 Å². The van der Waals surface area contributed by atoms with E-state index in [2.05, 4.69) is 10.00 Å². The molecule has 4 nitrogen and oxygen atoms in total. The van der Waals surface area contributed by atoms with Crippen molar-refractivity contribution < 1.29 is 5.11 Å². The van der Waals surface area contributed by atoms with Crippen molar-refractivity contribution in [2.45, 2.75) is 38.8 Å². The normalized spacial score (nSPS) is 20.8. The van der Waals surface area contributed by atoms with Gasteiger partial charge in [-0.05, 0) is 26.7 Å². The van der Waals surface area contributed by atoms with Gasteiger partial charge in [-0.25, -0.2) is 0 Å². The first-order chi connectivity index (χ1) is 7.89. The Morgan fingerprint density at radius 1 is 1.41 bits per heavy atom. The van der Waals surface area contributed by atoms with Gasteiger partial charge in [-0.1, -0.05) is 11.6 Å². The standard InChI is InChI=1S/C12H20ClN3O/c1-9-10(11(13)15(3)14-9)8-16-6-4-12(2,17)5-7-16/h17H,4-8H2,1-3H3. The lowest BCUT2D eigenvalue weighted by atomic mass is 9.93. The number of rotatable bonds is 2. The molecule has 96 valence electrons.